The van der Waals surface area contributed by atoms with Gasteiger partial charge in [-0.2, -0.15) is 0 Å². The standard InChI is InChI=1S/C47H29N5O/c1-3-11-30(12-4-1)31-21-23-34(24-22-31)46-50-45(33-14-5-2-6-15-33)51-47(52-46)38-19-10-17-36(28-38)35-16-9-18-37(27-35)42-44-43(49-29-48-42)41-39-20-8-7-13-32(39)25-26-40(41)53-44/h1-29H. The molecule has 0 radical (unpaired) electrons. The Hall–Kier alpha value is -7.31. The van der Waals surface area contributed by atoms with Crippen LogP contribution in [-0.2, 0) is 0 Å². The molecule has 6 nitrogen and oxygen atoms in total. The third-order valence-electron chi connectivity index (χ3n) is 9.65. The van der Waals surface area contributed by atoms with Crippen molar-refractivity contribution in [3.8, 4) is 67.7 Å². The van der Waals surface area contributed by atoms with E-state index in [0.717, 1.165) is 77.5 Å². The first-order chi connectivity index (χ1) is 26.2. The minimum atomic E-state index is 0.603. The van der Waals surface area contributed by atoms with Crippen molar-refractivity contribution < 1.29 is 4.42 Å². The van der Waals surface area contributed by atoms with Crippen molar-refractivity contribution in [1.82, 2.24) is 24.9 Å². The van der Waals surface area contributed by atoms with Crippen molar-refractivity contribution in [3.63, 3.8) is 0 Å². The predicted molar refractivity (Wildman–Crippen MR) is 213 cm³/mol. The smallest absolute Gasteiger partial charge is 0.180 e. The average molecular weight is 680 g/mol. The molecule has 3 aromatic heterocycles. The average Bonchev–Trinajstić information content (AvgIpc) is 3.64. The number of nitrogens with zero attached hydrogens (tertiary/aromatic N) is 5. The van der Waals surface area contributed by atoms with Gasteiger partial charge in [0.25, 0.3) is 0 Å². The molecule has 0 atom stereocenters. The maximum Gasteiger partial charge on any atom is 0.180 e. The number of fused-ring (bicyclic) bond motifs is 5. The molecule has 53 heavy (non-hydrogen) atoms. The third-order valence-corrected chi connectivity index (χ3v) is 9.65. The summed E-state index contributed by atoms with van der Waals surface area (Å²) in [6.07, 6.45) is 1.62. The van der Waals surface area contributed by atoms with Crippen LogP contribution < -0.4 is 0 Å². The van der Waals surface area contributed by atoms with Crippen LogP contribution in [0.1, 0.15) is 0 Å². The lowest BCUT2D eigenvalue weighted by Crippen LogP contribution is -2.00. The second kappa shape index (κ2) is 12.8. The highest BCUT2D eigenvalue weighted by Crippen LogP contribution is 2.38. The zero-order valence-electron chi connectivity index (χ0n) is 28.4. The van der Waals surface area contributed by atoms with E-state index in [1.54, 1.807) is 6.33 Å². The Kier molecular flexibility index (Phi) is 7.36. The van der Waals surface area contributed by atoms with Crippen LogP contribution in [0, 0.1) is 0 Å². The molecule has 0 bridgehead atoms. The van der Waals surface area contributed by atoms with E-state index in [2.05, 4.69) is 108 Å². The number of hydrogen-bond acceptors (Lipinski definition) is 6. The minimum absolute atomic E-state index is 0.603. The van der Waals surface area contributed by atoms with Gasteiger partial charge < -0.3 is 4.42 Å². The van der Waals surface area contributed by atoms with Crippen LogP contribution in [0.15, 0.2) is 181 Å². The molecule has 0 saturated heterocycles. The second-order valence-electron chi connectivity index (χ2n) is 12.9. The molecule has 0 aliphatic rings. The summed E-state index contributed by atoms with van der Waals surface area (Å²) in [5.74, 6) is 1.84. The van der Waals surface area contributed by atoms with Crippen molar-refractivity contribution in [2.75, 3.05) is 0 Å². The maximum absolute atomic E-state index is 6.45. The van der Waals surface area contributed by atoms with E-state index in [0.29, 0.717) is 23.1 Å². The summed E-state index contributed by atoms with van der Waals surface area (Å²) in [7, 11) is 0. The first-order valence-corrected chi connectivity index (χ1v) is 17.5. The highest BCUT2D eigenvalue weighted by atomic mass is 16.3. The monoisotopic (exact) mass is 679 g/mol. The van der Waals surface area contributed by atoms with Crippen LogP contribution in [0.5, 0.6) is 0 Å². The molecule has 6 heteroatoms. The Labute approximate surface area is 305 Å². The summed E-state index contributed by atoms with van der Waals surface area (Å²) in [5.41, 5.74) is 11.1. The van der Waals surface area contributed by atoms with Gasteiger partial charge in [-0.1, -0.05) is 152 Å². The molecule has 0 saturated carbocycles. The fraction of sp³-hybridized carbons (Fsp3) is 0. The van der Waals surface area contributed by atoms with Gasteiger partial charge in [0.15, 0.2) is 23.1 Å². The summed E-state index contributed by atoms with van der Waals surface area (Å²) in [6.45, 7) is 0. The Morgan fingerprint density at radius 3 is 1.64 bits per heavy atom. The third kappa shape index (κ3) is 5.59. The molecular weight excluding hydrogens is 651 g/mol. The number of benzene rings is 7. The van der Waals surface area contributed by atoms with E-state index in [1.807, 2.05) is 66.7 Å². The maximum atomic E-state index is 6.45. The fourth-order valence-corrected chi connectivity index (χ4v) is 7.02. The normalized spacial score (nSPS) is 11.4. The Morgan fingerprint density at radius 2 is 0.906 bits per heavy atom. The quantitative estimate of drug-likeness (QED) is 0.174. The van der Waals surface area contributed by atoms with Gasteiger partial charge in [0.2, 0.25) is 0 Å². The summed E-state index contributed by atoms with van der Waals surface area (Å²) in [5, 5.41) is 3.26. The largest absolute Gasteiger partial charge is 0.452 e. The van der Waals surface area contributed by atoms with Crippen molar-refractivity contribution >= 4 is 32.8 Å². The number of furan rings is 1. The van der Waals surface area contributed by atoms with E-state index in [1.165, 1.54) is 0 Å². The summed E-state index contributed by atoms with van der Waals surface area (Å²) in [6, 6.07) is 57.9. The van der Waals surface area contributed by atoms with E-state index in [9.17, 15) is 0 Å². The number of hydrogen-bond donors (Lipinski definition) is 0. The van der Waals surface area contributed by atoms with E-state index in [4.69, 9.17) is 24.4 Å². The van der Waals surface area contributed by atoms with Crippen molar-refractivity contribution in [3.05, 3.63) is 176 Å². The Balaban J connectivity index is 1.05. The van der Waals surface area contributed by atoms with Gasteiger partial charge in [0.1, 0.15) is 23.1 Å². The zero-order valence-corrected chi connectivity index (χ0v) is 28.4. The molecule has 0 fully saturated rings. The topological polar surface area (TPSA) is 77.6 Å². The molecule has 0 unspecified atom stereocenters. The van der Waals surface area contributed by atoms with Gasteiger partial charge in [0.05, 0.1) is 5.39 Å². The molecule has 0 aliphatic heterocycles. The number of aromatic nitrogens is 5. The first kappa shape index (κ1) is 30.5. The van der Waals surface area contributed by atoms with Gasteiger partial charge in [-0.05, 0) is 51.2 Å². The van der Waals surface area contributed by atoms with Crippen LogP contribution in [0.4, 0.5) is 0 Å². The highest BCUT2D eigenvalue weighted by molar-refractivity contribution is 6.18. The molecule has 10 rings (SSSR count). The molecule has 10 aromatic rings. The molecule has 0 aliphatic carbocycles. The number of rotatable bonds is 6. The van der Waals surface area contributed by atoms with Gasteiger partial charge in [-0.15, -0.1) is 0 Å². The highest BCUT2D eigenvalue weighted by Gasteiger charge is 2.18. The van der Waals surface area contributed by atoms with Crippen LogP contribution in [0.3, 0.4) is 0 Å². The van der Waals surface area contributed by atoms with Crippen LogP contribution in [-0.4, -0.2) is 24.9 Å². The van der Waals surface area contributed by atoms with Gasteiger partial charge in [-0.3, -0.25) is 0 Å². The van der Waals surface area contributed by atoms with Gasteiger partial charge in [0, 0.05) is 22.3 Å². The van der Waals surface area contributed by atoms with E-state index in [-0.39, 0.29) is 0 Å². The molecule has 7 aromatic carbocycles. The van der Waals surface area contributed by atoms with Crippen LogP contribution in [0.25, 0.3) is 101 Å². The SMILES string of the molecule is c1ccc(-c2ccc(-c3nc(-c4ccccc4)nc(-c4cccc(-c5cccc(-c6ncnc7c6oc6ccc8ccccc8c67)c5)c4)n3)cc2)cc1. The van der Waals surface area contributed by atoms with Crippen LogP contribution in [0.2, 0.25) is 0 Å². The van der Waals surface area contributed by atoms with Crippen LogP contribution >= 0.6 is 0 Å². The zero-order chi connectivity index (χ0) is 35.1. The van der Waals surface area contributed by atoms with Crippen molar-refractivity contribution in [2.24, 2.45) is 0 Å². The fourth-order valence-electron chi connectivity index (χ4n) is 7.02. The molecule has 0 spiro atoms. The van der Waals surface area contributed by atoms with E-state index < -0.39 is 0 Å². The Bertz CT molecular complexity index is 2940. The Morgan fingerprint density at radius 1 is 0.377 bits per heavy atom. The summed E-state index contributed by atoms with van der Waals surface area (Å²) in [4.78, 5) is 24.4. The predicted octanol–water partition coefficient (Wildman–Crippen LogP) is 11.7. The molecule has 3 heterocycles. The molecular formula is C47H29N5O. The lowest BCUT2D eigenvalue weighted by Gasteiger charge is -2.11. The molecule has 248 valence electrons. The first-order valence-electron chi connectivity index (χ1n) is 17.5. The lowest BCUT2D eigenvalue weighted by molar-refractivity contribution is 0.667. The summed E-state index contributed by atoms with van der Waals surface area (Å²) >= 11 is 0. The van der Waals surface area contributed by atoms with Gasteiger partial charge >= 0.3 is 0 Å². The molecule has 0 N–H and O–H groups in total. The minimum Gasteiger partial charge on any atom is -0.452 e. The van der Waals surface area contributed by atoms with Gasteiger partial charge in [-0.25, -0.2) is 24.9 Å². The molecule has 0 amide bonds. The summed E-state index contributed by atoms with van der Waals surface area (Å²) < 4.78 is 6.45. The lowest BCUT2D eigenvalue weighted by atomic mass is 9.99. The second-order valence-corrected chi connectivity index (χ2v) is 12.9. The van der Waals surface area contributed by atoms with Crippen molar-refractivity contribution in [2.45, 2.75) is 0 Å². The van der Waals surface area contributed by atoms with Crippen molar-refractivity contribution in [1.29, 1.82) is 0 Å². The van der Waals surface area contributed by atoms with E-state index >= 15 is 0 Å².